The lowest BCUT2D eigenvalue weighted by molar-refractivity contribution is 0.789. The fourth-order valence-corrected chi connectivity index (χ4v) is 16.0. The molecule has 0 amide bonds. The van der Waals surface area contributed by atoms with Crippen LogP contribution in [-0.4, -0.2) is 224 Å². The predicted octanol–water partition coefficient (Wildman–Crippen LogP) is -34.5. The molecule has 0 N–H and O–H groups in total. The van der Waals surface area contributed by atoms with Crippen LogP contribution >= 0.6 is 0 Å². The first-order valence-electron chi connectivity index (χ1n) is 31.4. The van der Waals surface area contributed by atoms with E-state index < -0.39 is 5.41 Å². The molecule has 9 aromatic carbocycles. The Labute approximate surface area is 533 Å². The zero-order valence-corrected chi connectivity index (χ0v) is 57.2. The van der Waals surface area contributed by atoms with Gasteiger partial charge >= 0.3 is 0 Å². The Balaban J connectivity index is 1.33. The minimum absolute atomic E-state index is 0.653. The number of aromatic nitrogens is 1. The zero-order chi connectivity index (χ0) is 62.1. The summed E-state index contributed by atoms with van der Waals surface area (Å²) in [6, 6.07) is 24.8. The van der Waals surface area contributed by atoms with Gasteiger partial charge in [-0.05, 0) is 74.8 Å². The van der Waals surface area contributed by atoms with Crippen molar-refractivity contribution >= 4 is 412 Å². The molecule has 1 heterocycles. The fourth-order valence-electron chi connectivity index (χ4n) is 16.0. The lowest BCUT2D eigenvalue weighted by Crippen LogP contribution is -2.61. The summed E-state index contributed by atoms with van der Waals surface area (Å²) in [5.41, 5.74) is 55.6. The fraction of sp³-hybridized carbons (Fsp3) is 0.0182. The molecule has 1 atom stereocenters. The first kappa shape index (κ1) is 61.1. The highest BCUT2D eigenvalue weighted by Crippen LogP contribution is 2.54. The molecule has 1 unspecified atom stereocenters. The van der Waals surface area contributed by atoms with Crippen molar-refractivity contribution < 1.29 is 0 Å². The van der Waals surface area contributed by atoms with Gasteiger partial charge in [0.05, 0.1) is 10.9 Å². The number of nitrogens with zero attached hydrogens (tertiary/aromatic N) is 2. The molecule has 85 heavy (non-hydrogen) atoms. The van der Waals surface area contributed by atoms with Crippen LogP contribution in [0.1, 0.15) is 22.3 Å². The molecule has 0 spiro atoms. The van der Waals surface area contributed by atoms with E-state index in [1.54, 1.807) is 0 Å². The summed E-state index contributed by atoms with van der Waals surface area (Å²) < 4.78 is 2.58. The van der Waals surface area contributed by atoms with Crippen molar-refractivity contribution in [2.75, 3.05) is 4.90 Å². The molecule has 0 saturated heterocycles. The molecule has 10 aromatic rings. The molecule has 0 fully saturated rings. The van der Waals surface area contributed by atoms with Crippen molar-refractivity contribution in [2.45, 2.75) is 5.41 Å². The molecule has 1 aliphatic rings. The van der Waals surface area contributed by atoms with E-state index in [4.69, 9.17) is 0 Å². The van der Waals surface area contributed by atoms with E-state index in [2.05, 4.69) is 290 Å². The van der Waals surface area contributed by atoms with Crippen LogP contribution in [0.25, 0.3) is 49.7 Å². The van der Waals surface area contributed by atoms with Crippen LogP contribution in [0.4, 0.5) is 17.1 Å². The van der Waals surface area contributed by atoms with E-state index in [1.807, 2.05) is 0 Å². The van der Waals surface area contributed by atoms with E-state index in [-0.39, 0.29) is 0 Å². The van der Waals surface area contributed by atoms with E-state index in [1.165, 1.54) is 242 Å². The average Bonchev–Trinajstić information content (AvgIpc) is 1.55. The Morgan fingerprint density at radius 2 is 0.765 bits per heavy atom. The van der Waals surface area contributed by atoms with Crippen LogP contribution in [-0.2, 0) is 5.41 Å². The first-order chi connectivity index (χ1) is 39.8. The molecular weight excluding hydrogens is 991 g/mol. The normalized spacial score (nSPS) is 13.6. The zero-order valence-electron chi connectivity index (χ0n) is 57.2. The van der Waals surface area contributed by atoms with Crippen molar-refractivity contribution in [3.05, 3.63) is 82.9 Å². The van der Waals surface area contributed by atoms with Gasteiger partial charge in [-0.25, -0.2) is 0 Å². The molecule has 0 saturated carbocycles. The van der Waals surface area contributed by atoms with E-state index >= 15 is 0 Å². The third-order valence-electron chi connectivity index (χ3n) is 23.3. The van der Waals surface area contributed by atoms with Crippen LogP contribution in [0.5, 0.6) is 0 Å². The molecule has 30 heteroatoms. The van der Waals surface area contributed by atoms with Crippen molar-refractivity contribution in [2.24, 2.45) is 0 Å². The van der Waals surface area contributed by atoms with E-state index in [9.17, 15) is 0 Å². The summed E-state index contributed by atoms with van der Waals surface area (Å²) in [6.45, 7) is 0. The number of rotatable bonds is 7. The summed E-state index contributed by atoms with van der Waals surface area (Å²) in [4.78, 5) is 2.76. The molecule has 0 bridgehead atoms. The maximum absolute atomic E-state index is 2.76. The van der Waals surface area contributed by atoms with Crippen molar-refractivity contribution in [3.63, 3.8) is 0 Å². The molecular formula is C55H66B28N2. The maximum atomic E-state index is 2.76. The molecule has 1 aliphatic carbocycles. The Hall–Kier alpha value is -5.60. The van der Waals surface area contributed by atoms with Gasteiger partial charge in [0, 0.05) is 39.0 Å². The Morgan fingerprint density at radius 1 is 0.306 bits per heavy atom. The van der Waals surface area contributed by atoms with Crippen molar-refractivity contribution in [1.82, 2.24) is 4.57 Å². The van der Waals surface area contributed by atoms with E-state index in [0.29, 0.717) is 0 Å². The molecule has 0 aliphatic heterocycles. The highest BCUT2D eigenvalue weighted by atomic mass is 15.1. The SMILES string of the molecule is Bc1ccc(-n2c3cc(B)c(B)cc3c3c(B)c(B)c(-c4cc(B)c(B)c(N(c5cc6c(c(B)c5B)-c5c(B)c(B)c(B)c(B)c5C6(c5cc(B)c(B)c(B)c5)c5c(B)c(B)c(B)c(B)c5B)c5c(B)c(B)c(B)c(B)c5B)c4)c(B)c32)cc1B. The number of fused-ring (bicyclic) bond motifs is 6. The van der Waals surface area contributed by atoms with Crippen LogP contribution in [0.15, 0.2) is 60.7 Å². The van der Waals surface area contributed by atoms with Crippen LogP contribution in [0.3, 0.4) is 0 Å². The quantitative estimate of drug-likeness (QED) is 0.144. The Bertz CT molecular complexity index is 4640. The minimum Gasteiger partial charge on any atom is -0.313 e. The summed E-state index contributed by atoms with van der Waals surface area (Å²) in [7, 11) is 66.2. The Morgan fingerprint density at radius 3 is 1.33 bits per heavy atom. The highest BCUT2D eigenvalue weighted by molar-refractivity contribution is 6.72. The highest BCUT2D eigenvalue weighted by Gasteiger charge is 2.51. The second-order valence-electron chi connectivity index (χ2n) is 27.1. The van der Waals surface area contributed by atoms with Gasteiger partial charge in [0.25, 0.3) is 0 Å². The van der Waals surface area contributed by atoms with Gasteiger partial charge in [0.2, 0.25) is 0 Å². The Kier molecular flexibility index (Phi) is 15.3. The van der Waals surface area contributed by atoms with Crippen molar-refractivity contribution in [3.8, 4) is 27.9 Å². The van der Waals surface area contributed by atoms with Crippen LogP contribution in [0, 0.1) is 0 Å². The average molecular weight is 1060 g/mol. The number of anilines is 3. The standard InChI is InChI=1S/C55H66B28N2/c56-16-2-1-13(7-17(16)57)84-23-10-19(59)18(58)8-14(23)27-36(67)35(66)26(39(70)53(27)84)11-3-20(60)33(64)24(4-11)85(54-51(82)49(80)48(79)50(81)52(54)83)25-9-15-28(37(68)34(25)65)29-30(40(71)44(75)43(74)38(29)69)55(15,12-5-21(61)32(63)22(62)6-12)31-41(72)45(76)47(78)46(77)42(31)73/h1-10H,56-83H2. The van der Waals surface area contributed by atoms with Gasteiger partial charge in [-0.15, -0.1) is 38.2 Å². The van der Waals surface area contributed by atoms with Gasteiger partial charge in [-0.2, -0.15) is 0 Å². The largest absolute Gasteiger partial charge is 0.313 e. The lowest BCUT2D eigenvalue weighted by atomic mass is 9.51. The maximum Gasteiger partial charge on any atom is 0.142 e. The van der Waals surface area contributed by atoms with Gasteiger partial charge in [0.1, 0.15) is 220 Å². The monoisotopic (exact) mass is 1060 g/mol. The number of benzene rings is 9. The summed E-state index contributed by atoms with van der Waals surface area (Å²) in [5.74, 6) is 0. The third kappa shape index (κ3) is 8.55. The summed E-state index contributed by atoms with van der Waals surface area (Å²) >= 11 is 0. The smallest absolute Gasteiger partial charge is 0.142 e. The van der Waals surface area contributed by atoms with Crippen LogP contribution < -0.4 is 158 Å². The molecule has 1 aromatic heterocycles. The summed E-state index contributed by atoms with van der Waals surface area (Å²) in [5, 5.41) is 2.67. The van der Waals surface area contributed by atoms with Gasteiger partial charge < -0.3 is 9.47 Å². The van der Waals surface area contributed by atoms with Crippen molar-refractivity contribution in [1.29, 1.82) is 0 Å². The topological polar surface area (TPSA) is 8.17 Å². The number of hydrogen-bond donors (Lipinski definition) is 0. The molecule has 11 rings (SSSR count). The lowest BCUT2D eigenvalue weighted by Gasteiger charge is -2.42. The first-order valence-corrected chi connectivity index (χ1v) is 31.4. The van der Waals surface area contributed by atoms with E-state index in [0.717, 1.165) is 0 Å². The van der Waals surface area contributed by atoms with Gasteiger partial charge in [-0.1, -0.05) is 145 Å². The summed E-state index contributed by atoms with van der Waals surface area (Å²) in [6.07, 6.45) is 0. The second-order valence-corrected chi connectivity index (χ2v) is 27.1. The third-order valence-corrected chi connectivity index (χ3v) is 23.3. The second kappa shape index (κ2) is 21.3. The number of hydrogen-bond acceptors (Lipinski definition) is 1. The predicted molar refractivity (Wildman–Crippen MR) is 467 cm³/mol. The molecule has 380 valence electrons. The van der Waals surface area contributed by atoms with Gasteiger partial charge in [-0.3, -0.25) is 0 Å². The molecule has 0 radical (unpaired) electrons. The van der Waals surface area contributed by atoms with Crippen LogP contribution in [0.2, 0.25) is 0 Å². The van der Waals surface area contributed by atoms with Gasteiger partial charge in [0.15, 0.2) is 0 Å². The molecule has 2 nitrogen and oxygen atoms in total. The minimum atomic E-state index is -0.653.